The minimum absolute atomic E-state index is 0.0848. The Bertz CT molecular complexity index is 1320. The van der Waals surface area contributed by atoms with E-state index in [9.17, 15) is 9.59 Å². The van der Waals surface area contributed by atoms with Crippen LogP contribution in [0.25, 0.3) is 10.9 Å². The van der Waals surface area contributed by atoms with Crippen molar-refractivity contribution < 1.29 is 14.3 Å². The van der Waals surface area contributed by atoms with Gasteiger partial charge in [-0.1, -0.05) is 34.2 Å². The molecule has 2 N–H and O–H groups in total. The number of amides is 1. The van der Waals surface area contributed by atoms with Gasteiger partial charge in [0, 0.05) is 49.3 Å². The van der Waals surface area contributed by atoms with Crippen molar-refractivity contribution >= 4 is 68.5 Å². The van der Waals surface area contributed by atoms with E-state index in [-0.39, 0.29) is 23.8 Å². The first kappa shape index (κ1) is 27.4. The van der Waals surface area contributed by atoms with Crippen LogP contribution in [0.1, 0.15) is 12.8 Å². The summed E-state index contributed by atoms with van der Waals surface area (Å²) in [7, 11) is 3.09. The number of piperidine rings is 1. The van der Waals surface area contributed by atoms with E-state index in [1.807, 2.05) is 18.2 Å². The average Bonchev–Trinajstić information content (AvgIpc) is 2.92. The van der Waals surface area contributed by atoms with Crippen LogP contribution >= 0.6 is 34.2 Å². The second-order valence-corrected chi connectivity index (χ2v) is 10.1. The fourth-order valence-electron chi connectivity index (χ4n) is 4.27. The highest BCUT2D eigenvalue weighted by Crippen LogP contribution is 2.29. The van der Waals surface area contributed by atoms with Crippen LogP contribution in [0.3, 0.4) is 0 Å². The monoisotopic (exact) mass is 640 g/mol. The Labute approximate surface area is 233 Å². The molecule has 1 aromatic carbocycles. The summed E-state index contributed by atoms with van der Waals surface area (Å²) in [5.41, 5.74) is 1.12. The molecule has 4 rings (SSSR count). The summed E-state index contributed by atoms with van der Waals surface area (Å²) in [6.07, 6.45) is 3.95. The number of rotatable bonds is 10. The number of nitrogens with one attached hydrogen (secondary N) is 2. The number of ether oxygens (including phenoxy) is 2. The van der Waals surface area contributed by atoms with Crippen molar-refractivity contribution in [3.05, 3.63) is 45.8 Å². The summed E-state index contributed by atoms with van der Waals surface area (Å²) in [5.74, 6) is 1.54. The quantitative estimate of drug-likeness (QED) is 0.256. The van der Waals surface area contributed by atoms with E-state index in [1.165, 1.54) is 13.5 Å². The normalized spacial score (nSPS) is 15.6. The first-order valence-corrected chi connectivity index (χ1v) is 13.9. The number of methoxy groups -OCH3 is 1. The predicted octanol–water partition coefficient (Wildman–Crippen LogP) is 3.61. The smallest absolute Gasteiger partial charge is 0.293 e. The van der Waals surface area contributed by atoms with Crippen LogP contribution < -0.4 is 25.8 Å². The van der Waals surface area contributed by atoms with Crippen molar-refractivity contribution in [1.82, 2.24) is 19.9 Å². The number of carbonyl (C=O) groups is 1. The number of nitrogens with zero attached hydrogens (tertiary/aromatic N) is 4. The molecule has 0 saturated carbocycles. The topological polar surface area (TPSA) is 111 Å². The molecule has 1 aliphatic rings. The zero-order valence-corrected chi connectivity index (χ0v) is 23.7. The van der Waals surface area contributed by atoms with E-state index in [0.29, 0.717) is 41.4 Å². The minimum atomic E-state index is -0.330. The summed E-state index contributed by atoms with van der Waals surface area (Å²) in [5, 5.41) is 6.94. The molecule has 12 heteroatoms. The maximum Gasteiger partial charge on any atom is 0.293 e. The third-order valence-corrected chi connectivity index (χ3v) is 7.75. The van der Waals surface area contributed by atoms with Gasteiger partial charge < -0.3 is 29.6 Å². The molecule has 0 radical (unpaired) electrons. The standard InChI is InChI=1S/C25H30ClIN6O4/c1-28-22(34)15-37-21-11-17-10-18(5-6-20(17)33(24(21)35)8-9-36-2)30-23-19(26)13-29-25(31-23)32-7-3-4-16(12-27)14-32/h5-6,10-11,13,16H,3-4,7-9,12,14-15H2,1-2H3,(H,28,34)(H,29,30,31). The molecular formula is C25H30ClIN6O4. The number of alkyl halides is 1. The number of halogens is 2. The lowest BCUT2D eigenvalue weighted by Crippen LogP contribution is -2.37. The Hall–Kier alpha value is -2.64. The molecule has 0 spiro atoms. The molecule has 3 aromatic rings. The molecule has 37 heavy (non-hydrogen) atoms. The van der Waals surface area contributed by atoms with Gasteiger partial charge in [0.05, 0.1) is 18.3 Å². The first-order valence-electron chi connectivity index (χ1n) is 12.0. The van der Waals surface area contributed by atoms with Crippen LogP contribution in [0.4, 0.5) is 17.5 Å². The Morgan fingerprint density at radius 3 is 2.92 bits per heavy atom. The van der Waals surface area contributed by atoms with Crippen LogP contribution in [0, 0.1) is 5.92 Å². The number of carbonyl (C=O) groups excluding carboxylic acids is 1. The van der Waals surface area contributed by atoms with Gasteiger partial charge in [-0.3, -0.25) is 9.59 Å². The van der Waals surface area contributed by atoms with Crippen molar-refractivity contribution in [2.75, 3.05) is 55.1 Å². The number of benzene rings is 1. The van der Waals surface area contributed by atoms with Gasteiger partial charge in [-0.15, -0.1) is 0 Å². The Morgan fingerprint density at radius 1 is 1.32 bits per heavy atom. The second-order valence-electron chi connectivity index (χ2n) is 8.79. The first-order chi connectivity index (χ1) is 17.9. The predicted molar refractivity (Wildman–Crippen MR) is 154 cm³/mol. The number of likely N-dealkylation sites (N-methyl/N-ethyl adjacent to an activating group) is 1. The number of pyridine rings is 1. The van der Waals surface area contributed by atoms with Crippen molar-refractivity contribution in [3.8, 4) is 5.75 Å². The molecule has 1 atom stereocenters. The molecule has 198 valence electrons. The van der Waals surface area contributed by atoms with Gasteiger partial charge in [0.15, 0.2) is 18.2 Å². The maximum atomic E-state index is 13.0. The van der Waals surface area contributed by atoms with Crippen molar-refractivity contribution in [3.63, 3.8) is 0 Å². The minimum Gasteiger partial charge on any atom is -0.478 e. The number of anilines is 3. The third kappa shape index (κ3) is 6.63. The molecule has 3 heterocycles. The SMILES string of the molecule is CNC(=O)COc1cc2cc(Nc3nc(N4CCCC(CI)C4)ncc3Cl)ccc2n(CCOC)c1=O. The molecule has 1 fully saturated rings. The van der Waals surface area contributed by atoms with Gasteiger partial charge in [0.25, 0.3) is 11.5 Å². The van der Waals surface area contributed by atoms with E-state index in [1.54, 1.807) is 23.9 Å². The fourth-order valence-corrected chi connectivity index (χ4v) is 5.13. The average molecular weight is 641 g/mol. The fraction of sp³-hybridized carbons (Fsp3) is 0.440. The molecule has 0 bridgehead atoms. The van der Waals surface area contributed by atoms with Gasteiger partial charge >= 0.3 is 0 Å². The van der Waals surface area contributed by atoms with Gasteiger partial charge in [-0.05, 0) is 43.0 Å². The van der Waals surface area contributed by atoms with E-state index >= 15 is 0 Å². The van der Waals surface area contributed by atoms with E-state index in [0.717, 1.165) is 35.0 Å². The zero-order chi connectivity index (χ0) is 26.4. The molecular weight excluding hydrogens is 611 g/mol. The highest BCUT2D eigenvalue weighted by Gasteiger charge is 2.22. The largest absolute Gasteiger partial charge is 0.478 e. The lowest BCUT2D eigenvalue weighted by Gasteiger charge is -2.32. The highest BCUT2D eigenvalue weighted by atomic mass is 127. The molecule has 2 aromatic heterocycles. The van der Waals surface area contributed by atoms with E-state index in [2.05, 4.69) is 43.1 Å². The Morgan fingerprint density at radius 2 is 2.16 bits per heavy atom. The highest BCUT2D eigenvalue weighted by molar-refractivity contribution is 14.1. The van der Waals surface area contributed by atoms with Crippen LogP contribution in [-0.4, -0.2) is 65.3 Å². The van der Waals surface area contributed by atoms with Gasteiger partial charge in [0.2, 0.25) is 5.95 Å². The molecule has 1 amide bonds. The lowest BCUT2D eigenvalue weighted by atomic mass is 10.0. The molecule has 1 unspecified atom stereocenters. The van der Waals surface area contributed by atoms with Gasteiger partial charge in [0.1, 0.15) is 5.02 Å². The van der Waals surface area contributed by atoms with E-state index < -0.39 is 0 Å². The molecule has 10 nitrogen and oxygen atoms in total. The van der Waals surface area contributed by atoms with Crippen LogP contribution in [0.5, 0.6) is 5.75 Å². The van der Waals surface area contributed by atoms with Crippen LogP contribution in [0.15, 0.2) is 35.3 Å². The van der Waals surface area contributed by atoms with Crippen LogP contribution in [-0.2, 0) is 16.1 Å². The van der Waals surface area contributed by atoms with Crippen molar-refractivity contribution in [1.29, 1.82) is 0 Å². The summed E-state index contributed by atoms with van der Waals surface area (Å²) < 4.78 is 13.4. The van der Waals surface area contributed by atoms with Gasteiger partial charge in [-0.25, -0.2) is 4.98 Å². The second kappa shape index (κ2) is 12.7. The van der Waals surface area contributed by atoms with Crippen molar-refractivity contribution in [2.24, 2.45) is 5.92 Å². The Balaban J connectivity index is 1.65. The summed E-state index contributed by atoms with van der Waals surface area (Å²) in [4.78, 5) is 36.1. The zero-order valence-electron chi connectivity index (χ0n) is 20.8. The third-order valence-electron chi connectivity index (χ3n) is 6.23. The molecule has 0 aliphatic carbocycles. The molecule has 1 saturated heterocycles. The molecule has 1 aliphatic heterocycles. The van der Waals surface area contributed by atoms with Crippen LogP contribution in [0.2, 0.25) is 5.02 Å². The number of aromatic nitrogens is 3. The summed E-state index contributed by atoms with van der Waals surface area (Å²) in [6, 6.07) is 7.24. The van der Waals surface area contributed by atoms with Gasteiger partial charge in [-0.2, -0.15) is 4.98 Å². The Kier molecular flexibility index (Phi) is 9.43. The number of hydrogen-bond donors (Lipinski definition) is 2. The lowest BCUT2D eigenvalue weighted by molar-refractivity contribution is -0.122. The summed E-state index contributed by atoms with van der Waals surface area (Å²) in [6.45, 7) is 2.28. The van der Waals surface area contributed by atoms with E-state index in [4.69, 9.17) is 26.1 Å². The number of hydrogen-bond acceptors (Lipinski definition) is 8. The summed E-state index contributed by atoms with van der Waals surface area (Å²) >= 11 is 8.88. The maximum absolute atomic E-state index is 13.0. The van der Waals surface area contributed by atoms with Crippen molar-refractivity contribution in [2.45, 2.75) is 19.4 Å². The number of fused-ring (bicyclic) bond motifs is 1.